The third-order valence-electron chi connectivity index (χ3n) is 9.39. The van der Waals surface area contributed by atoms with Crippen LogP contribution in [0.15, 0.2) is 35.5 Å². The zero-order valence-corrected chi connectivity index (χ0v) is 21.5. The van der Waals surface area contributed by atoms with Gasteiger partial charge in [0, 0.05) is 5.41 Å². The van der Waals surface area contributed by atoms with Crippen molar-refractivity contribution in [3.8, 4) is 0 Å². The summed E-state index contributed by atoms with van der Waals surface area (Å²) in [7, 11) is 0. The van der Waals surface area contributed by atoms with Gasteiger partial charge in [0.2, 0.25) is 0 Å². The SMILES string of the molecule is C=C1C(=CC=C2CCC[C@@]3(C)C2CCC3[C@H](C)CCCC(C)(C)O)C[C@H](O)C(C)(C)[C@@H]1O. The lowest BCUT2D eigenvalue weighted by atomic mass is 9.60. The molecule has 0 heterocycles. The monoisotopic (exact) mass is 444 g/mol. The van der Waals surface area contributed by atoms with Crippen LogP contribution in [0.2, 0.25) is 0 Å². The normalized spacial score (nSPS) is 38.8. The first kappa shape index (κ1) is 25.7. The van der Waals surface area contributed by atoms with Crippen LogP contribution in [0.5, 0.6) is 0 Å². The van der Waals surface area contributed by atoms with Crippen LogP contribution < -0.4 is 0 Å². The highest BCUT2D eigenvalue weighted by molar-refractivity contribution is 5.40. The summed E-state index contributed by atoms with van der Waals surface area (Å²) in [5.41, 5.74) is 2.57. The molecule has 0 saturated heterocycles. The van der Waals surface area contributed by atoms with Gasteiger partial charge >= 0.3 is 0 Å². The third kappa shape index (κ3) is 5.10. The highest BCUT2D eigenvalue weighted by atomic mass is 16.3. The van der Waals surface area contributed by atoms with E-state index in [1.807, 2.05) is 27.7 Å². The van der Waals surface area contributed by atoms with E-state index in [1.54, 1.807) is 5.57 Å². The van der Waals surface area contributed by atoms with Gasteiger partial charge in [0.15, 0.2) is 0 Å². The van der Waals surface area contributed by atoms with Crippen molar-refractivity contribution in [3.05, 3.63) is 35.5 Å². The number of hydrogen-bond donors (Lipinski definition) is 3. The Morgan fingerprint density at radius 3 is 2.50 bits per heavy atom. The largest absolute Gasteiger partial charge is 0.392 e. The molecule has 0 aromatic carbocycles. The maximum atomic E-state index is 10.7. The molecule has 0 spiro atoms. The summed E-state index contributed by atoms with van der Waals surface area (Å²) in [6.45, 7) is 16.8. The first-order valence-electron chi connectivity index (χ1n) is 12.9. The van der Waals surface area contributed by atoms with Gasteiger partial charge in [-0.2, -0.15) is 0 Å². The van der Waals surface area contributed by atoms with Crippen LogP contribution in [-0.2, 0) is 0 Å². The average molecular weight is 445 g/mol. The van der Waals surface area contributed by atoms with E-state index < -0.39 is 23.2 Å². The molecule has 3 fully saturated rings. The molecule has 0 aromatic heterocycles. The van der Waals surface area contributed by atoms with Crippen molar-refractivity contribution in [2.75, 3.05) is 0 Å². The second kappa shape index (κ2) is 9.39. The van der Waals surface area contributed by atoms with Gasteiger partial charge in [-0.25, -0.2) is 0 Å². The molecule has 3 heteroatoms. The minimum atomic E-state index is -0.701. The zero-order chi connectivity index (χ0) is 23.9. The number of fused-ring (bicyclic) bond motifs is 1. The van der Waals surface area contributed by atoms with E-state index in [0.717, 1.165) is 36.3 Å². The average Bonchev–Trinajstić information content (AvgIpc) is 3.05. The summed E-state index contributed by atoms with van der Waals surface area (Å²) in [4.78, 5) is 0. The molecule has 3 nitrogen and oxygen atoms in total. The van der Waals surface area contributed by atoms with Crippen LogP contribution in [0.4, 0.5) is 0 Å². The molecule has 0 amide bonds. The molecular weight excluding hydrogens is 396 g/mol. The molecule has 0 aliphatic heterocycles. The summed E-state index contributed by atoms with van der Waals surface area (Å²) in [5, 5.41) is 31.3. The highest BCUT2D eigenvalue weighted by Crippen LogP contribution is 2.60. The van der Waals surface area contributed by atoms with Gasteiger partial charge in [-0.3, -0.25) is 0 Å². The van der Waals surface area contributed by atoms with E-state index in [-0.39, 0.29) is 0 Å². The molecule has 0 bridgehead atoms. The fourth-order valence-electron chi connectivity index (χ4n) is 7.06. The van der Waals surface area contributed by atoms with E-state index in [0.29, 0.717) is 23.7 Å². The lowest BCUT2D eigenvalue weighted by molar-refractivity contribution is -0.0404. The second-order valence-electron chi connectivity index (χ2n) is 12.7. The highest BCUT2D eigenvalue weighted by Gasteiger charge is 2.50. The number of hydrogen-bond acceptors (Lipinski definition) is 3. The van der Waals surface area contributed by atoms with Crippen LogP contribution in [-0.4, -0.2) is 33.1 Å². The third-order valence-corrected chi connectivity index (χ3v) is 9.39. The van der Waals surface area contributed by atoms with Gasteiger partial charge < -0.3 is 15.3 Å². The van der Waals surface area contributed by atoms with E-state index >= 15 is 0 Å². The van der Waals surface area contributed by atoms with Gasteiger partial charge in [-0.15, -0.1) is 0 Å². The van der Waals surface area contributed by atoms with E-state index in [4.69, 9.17) is 0 Å². The molecule has 6 atom stereocenters. The molecule has 3 rings (SSSR count). The Hall–Kier alpha value is -0.900. The van der Waals surface area contributed by atoms with Crippen molar-refractivity contribution in [3.63, 3.8) is 0 Å². The number of rotatable bonds is 6. The molecule has 0 radical (unpaired) electrons. The molecule has 2 unspecified atom stereocenters. The van der Waals surface area contributed by atoms with Gasteiger partial charge in [-0.1, -0.05) is 64.8 Å². The van der Waals surface area contributed by atoms with Crippen LogP contribution in [0.3, 0.4) is 0 Å². The molecule has 182 valence electrons. The lowest BCUT2D eigenvalue weighted by Gasteiger charge is -2.44. The summed E-state index contributed by atoms with van der Waals surface area (Å²) < 4.78 is 0. The maximum absolute atomic E-state index is 10.7. The summed E-state index contributed by atoms with van der Waals surface area (Å²) >= 11 is 0. The van der Waals surface area contributed by atoms with Crippen molar-refractivity contribution in [2.45, 2.75) is 117 Å². The molecular formula is C29H48O3. The second-order valence-corrected chi connectivity index (χ2v) is 12.7. The topological polar surface area (TPSA) is 60.7 Å². The first-order chi connectivity index (χ1) is 14.8. The predicted octanol–water partition coefficient (Wildman–Crippen LogP) is 6.34. The summed E-state index contributed by atoms with van der Waals surface area (Å²) in [6.07, 6.45) is 13.2. The van der Waals surface area contributed by atoms with Crippen LogP contribution in [0.25, 0.3) is 0 Å². The first-order valence-corrected chi connectivity index (χ1v) is 12.9. The maximum Gasteiger partial charge on any atom is 0.0862 e. The standard InChI is InChI=1S/C29H48O3/c1-19(10-8-16-27(3,4)32)23-14-15-24-21(11-9-17-29(23,24)7)12-13-22-18-25(30)28(5,6)26(31)20(22)2/h12-13,19,23-26,30-32H,2,8-11,14-18H2,1,3-7H3/t19-,23?,24?,25+,26-,29-/m1/s1. The van der Waals surface area contributed by atoms with E-state index in [9.17, 15) is 15.3 Å². The van der Waals surface area contributed by atoms with Crippen LogP contribution in [0, 0.1) is 28.6 Å². The Bertz CT molecular complexity index is 753. The quantitative estimate of drug-likeness (QED) is 0.448. The Labute approximate surface area is 196 Å². The van der Waals surface area contributed by atoms with Crippen molar-refractivity contribution in [1.82, 2.24) is 0 Å². The van der Waals surface area contributed by atoms with E-state index in [1.165, 1.54) is 32.1 Å². The fraction of sp³-hybridized carbons (Fsp3) is 0.793. The van der Waals surface area contributed by atoms with E-state index in [2.05, 4.69) is 32.6 Å². The van der Waals surface area contributed by atoms with Gasteiger partial charge in [0.05, 0.1) is 17.8 Å². The molecule has 3 N–H and O–H groups in total. The van der Waals surface area contributed by atoms with Gasteiger partial charge in [-0.05, 0) is 93.1 Å². The Balaban J connectivity index is 1.72. The number of aliphatic hydroxyl groups is 3. The molecule has 3 saturated carbocycles. The van der Waals surface area contributed by atoms with Crippen molar-refractivity contribution in [1.29, 1.82) is 0 Å². The minimum Gasteiger partial charge on any atom is -0.392 e. The van der Waals surface area contributed by atoms with Crippen LogP contribution >= 0.6 is 0 Å². The Morgan fingerprint density at radius 1 is 1.16 bits per heavy atom. The molecule has 0 aromatic rings. The predicted molar refractivity (Wildman–Crippen MR) is 133 cm³/mol. The van der Waals surface area contributed by atoms with Gasteiger partial charge in [0.25, 0.3) is 0 Å². The summed E-state index contributed by atoms with van der Waals surface area (Å²) in [5.74, 6) is 2.08. The lowest BCUT2D eigenvalue weighted by Crippen LogP contribution is -2.45. The summed E-state index contributed by atoms with van der Waals surface area (Å²) in [6, 6.07) is 0. The molecule has 3 aliphatic carbocycles. The molecule has 3 aliphatic rings. The number of aliphatic hydroxyl groups excluding tert-OH is 2. The number of allylic oxidation sites excluding steroid dienone is 3. The smallest absolute Gasteiger partial charge is 0.0862 e. The Kier molecular flexibility index (Phi) is 7.55. The van der Waals surface area contributed by atoms with Crippen molar-refractivity contribution in [2.24, 2.45) is 28.6 Å². The van der Waals surface area contributed by atoms with Gasteiger partial charge in [0.1, 0.15) is 0 Å². The fourth-order valence-corrected chi connectivity index (χ4v) is 7.06. The van der Waals surface area contributed by atoms with Crippen LogP contribution in [0.1, 0.15) is 99.3 Å². The van der Waals surface area contributed by atoms with Crippen molar-refractivity contribution >= 4 is 0 Å². The Morgan fingerprint density at radius 2 is 1.84 bits per heavy atom. The minimum absolute atomic E-state index is 0.362. The molecule has 32 heavy (non-hydrogen) atoms. The van der Waals surface area contributed by atoms with Crippen molar-refractivity contribution < 1.29 is 15.3 Å². The zero-order valence-electron chi connectivity index (χ0n) is 21.5.